The smallest absolute Gasteiger partial charge is 0.305 e. The van der Waals surface area contributed by atoms with Crippen LogP contribution in [-0.2, 0) is 0 Å². The van der Waals surface area contributed by atoms with E-state index in [9.17, 15) is 14.0 Å². The molecular weight excluding hydrogens is 217 g/mol. The molecule has 1 aromatic carbocycles. The highest BCUT2D eigenvalue weighted by atomic mass is 32.1. The molecule has 0 unspecified atom stereocenters. The Morgan fingerprint density at radius 2 is 2.07 bits per heavy atom. The summed E-state index contributed by atoms with van der Waals surface area (Å²) in [5.74, 6) is -0.448. The Morgan fingerprint density at radius 1 is 1.33 bits per heavy atom. The molecule has 0 bridgehead atoms. The predicted molar refractivity (Wildman–Crippen MR) is 55.7 cm³/mol. The third-order valence-corrected chi connectivity index (χ3v) is 2.84. The summed E-state index contributed by atoms with van der Waals surface area (Å²) >= 11 is 0.824. The maximum absolute atomic E-state index is 13.4. The molecule has 0 fully saturated rings. The summed E-state index contributed by atoms with van der Waals surface area (Å²) in [4.78, 5) is 24.0. The number of halogens is 1. The first-order chi connectivity index (χ1) is 7.22. The van der Waals surface area contributed by atoms with E-state index in [-0.39, 0.29) is 16.1 Å². The third-order valence-electron chi connectivity index (χ3n) is 1.91. The third kappa shape index (κ3) is 1.73. The topological polar surface area (TPSA) is 49.9 Å². The summed E-state index contributed by atoms with van der Waals surface area (Å²) in [6, 6.07) is 6.02. The number of hydrogen-bond acceptors (Lipinski definition) is 3. The van der Waals surface area contributed by atoms with Crippen LogP contribution in [0, 0.1) is 5.82 Å². The fraction of sp³-hybridized carbons (Fsp3) is 0. The van der Waals surface area contributed by atoms with Gasteiger partial charge < -0.3 is 4.98 Å². The maximum atomic E-state index is 13.4. The molecule has 3 nitrogen and oxygen atoms in total. The fourth-order valence-corrected chi connectivity index (χ4v) is 2.10. The van der Waals surface area contributed by atoms with Gasteiger partial charge in [-0.2, -0.15) is 0 Å². The van der Waals surface area contributed by atoms with E-state index in [2.05, 4.69) is 4.98 Å². The van der Waals surface area contributed by atoms with Crippen LogP contribution in [0.1, 0.15) is 10.5 Å². The van der Waals surface area contributed by atoms with Crippen LogP contribution >= 0.6 is 11.3 Å². The lowest BCUT2D eigenvalue weighted by molar-refractivity contribution is 0.112. The van der Waals surface area contributed by atoms with Crippen LogP contribution in [0.3, 0.4) is 0 Å². The van der Waals surface area contributed by atoms with Gasteiger partial charge in [-0.15, -0.1) is 0 Å². The molecule has 15 heavy (non-hydrogen) atoms. The number of carbonyl (C=O) groups is 1. The largest absolute Gasteiger partial charge is 0.310 e. The van der Waals surface area contributed by atoms with Crippen LogP contribution in [0.2, 0.25) is 0 Å². The van der Waals surface area contributed by atoms with Crippen LogP contribution in [0.15, 0.2) is 29.1 Å². The summed E-state index contributed by atoms with van der Waals surface area (Å²) in [5, 5.41) is 0. The molecule has 0 aliphatic heterocycles. The molecule has 0 saturated carbocycles. The lowest BCUT2D eigenvalue weighted by Crippen LogP contribution is -1.93. The number of benzene rings is 1. The van der Waals surface area contributed by atoms with Gasteiger partial charge in [0.1, 0.15) is 11.5 Å². The lowest BCUT2D eigenvalue weighted by Gasteiger charge is -1.98. The zero-order valence-corrected chi connectivity index (χ0v) is 8.31. The van der Waals surface area contributed by atoms with Crippen LogP contribution in [0.4, 0.5) is 4.39 Å². The van der Waals surface area contributed by atoms with Gasteiger partial charge in [-0.05, 0) is 6.07 Å². The first kappa shape index (κ1) is 9.79. The number of carbonyl (C=O) groups excluding carboxylic acids is 1. The molecule has 1 heterocycles. The van der Waals surface area contributed by atoms with Gasteiger partial charge in [-0.25, -0.2) is 4.39 Å². The minimum absolute atomic E-state index is 0.120. The molecule has 0 aliphatic carbocycles. The minimum Gasteiger partial charge on any atom is -0.310 e. The minimum atomic E-state index is -0.448. The molecule has 76 valence electrons. The maximum Gasteiger partial charge on any atom is 0.305 e. The second-order valence-electron chi connectivity index (χ2n) is 2.86. The van der Waals surface area contributed by atoms with Crippen molar-refractivity contribution in [3.05, 3.63) is 45.4 Å². The summed E-state index contributed by atoms with van der Waals surface area (Å²) in [7, 11) is 0. The Morgan fingerprint density at radius 3 is 2.73 bits per heavy atom. The molecule has 2 rings (SSSR count). The molecule has 0 radical (unpaired) electrons. The van der Waals surface area contributed by atoms with Gasteiger partial charge >= 0.3 is 4.87 Å². The van der Waals surface area contributed by atoms with Crippen molar-refractivity contribution >= 4 is 17.6 Å². The number of hydrogen-bond donors (Lipinski definition) is 1. The molecule has 2 aromatic rings. The Balaban J connectivity index is 2.68. The molecule has 0 atom stereocenters. The standard InChI is InChI=1S/C10H6FNO2S/c11-7-4-2-1-3-6(7)9-8(5-13)12-10(14)15-9/h1-5H,(H,12,14). The van der Waals surface area contributed by atoms with Gasteiger partial charge in [-0.1, -0.05) is 29.5 Å². The Labute approximate surface area is 88.2 Å². The van der Waals surface area contributed by atoms with Gasteiger partial charge in [0.2, 0.25) is 0 Å². The average Bonchev–Trinajstić information content (AvgIpc) is 2.60. The summed E-state index contributed by atoms with van der Waals surface area (Å²) in [6.45, 7) is 0. The fourth-order valence-electron chi connectivity index (χ4n) is 1.27. The number of H-pyrrole nitrogens is 1. The average molecular weight is 223 g/mol. The molecule has 1 aromatic heterocycles. The number of rotatable bonds is 2. The molecule has 1 N–H and O–H groups in total. The van der Waals surface area contributed by atoms with Crippen molar-refractivity contribution in [3.8, 4) is 10.4 Å². The highest BCUT2D eigenvalue weighted by molar-refractivity contribution is 7.13. The Kier molecular flexibility index (Phi) is 2.47. The quantitative estimate of drug-likeness (QED) is 0.792. The van der Waals surface area contributed by atoms with Crippen LogP contribution < -0.4 is 4.87 Å². The number of aldehydes is 1. The van der Waals surface area contributed by atoms with E-state index in [1.54, 1.807) is 12.1 Å². The summed E-state index contributed by atoms with van der Waals surface area (Å²) in [6.07, 6.45) is 0.514. The van der Waals surface area contributed by atoms with E-state index in [0.29, 0.717) is 11.2 Å². The highest BCUT2D eigenvalue weighted by Crippen LogP contribution is 2.26. The van der Waals surface area contributed by atoms with Crippen LogP contribution in [0.5, 0.6) is 0 Å². The molecule has 0 saturated heterocycles. The Hall–Kier alpha value is -1.75. The van der Waals surface area contributed by atoms with Crippen molar-refractivity contribution in [1.29, 1.82) is 0 Å². The van der Waals surface area contributed by atoms with Gasteiger partial charge in [0.25, 0.3) is 0 Å². The molecular formula is C10H6FNO2S. The van der Waals surface area contributed by atoms with Crippen molar-refractivity contribution < 1.29 is 9.18 Å². The van der Waals surface area contributed by atoms with Gasteiger partial charge in [-0.3, -0.25) is 9.59 Å². The molecule has 0 spiro atoms. The van der Waals surface area contributed by atoms with Crippen molar-refractivity contribution in [2.24, 2.45) is 0 Å². The number of nitrogens with one attached hydrogen (secondary N) is 1. The first-order valence-corrected chi connectivity index (χ1v) is 4.97. The van der Waals surface area contributed by atoms with Crippen molar-refractivity contribution in [2.75, 3.05) is 0 Å². The second-order valence-corrected chi connectivity index (χ2v) is 3.84. The van der Waals surface area contributed by atoms with E-state index < -0.39 is 5.82 Å². The molecule has 0 aliphatic rings. The van der Waals surface area contributed by atoms with Gasteiger partial charge in [0.15, 0.2) is 6.29 Å². The normalized spacial score (nSPS) is 10.2. The van der Waals surface area contributed by atoms with E-state index in [0.717, 1.165) is 11.3 Å². The van der Waals surface area contributed by atoms with Crippen molar-refractivity contribution in [2.45, 2.75) is 0 Å². The number of thiazole rings is 1. The molecule has 5 heteroatoms. The monoisotopic (exact) mass is 223 g/mol. The van der Waals surface area contributed by atoms with Crippen LogP contribution in [0.25, 0.3) is 10.4 Å². The van der Waals surface area contributed by atoms with E-state index in [1.165, 1.54) is 12.1 Å². The van der Waals surface area contributed by atoms with E-state index in [1.807, 2.05) is 0 Å². The highest BCUT2D eigenvalue weighted by Gasteiger charge is 2.12. The first-order valence-electron chi connectivity index (χ1n) is 4.15. The van der Waals surface area contributed by atoms with Gasteiger partial charge in [0, 0.05) is 5.56 Å². The Bertz CT molecular complexity index is 559. The molecule has 0 amide bonds. The van der Waals surface area contributed by atoms with E-state index >= 15 is 0 Å². The second kappa shape index (κ2) is 3.78. The van der Waals surface area contributed by atoms with E-state index in [4.69, 9.17) is 0 Å². The summed E-state index contributed by atoms with van der Waals surface area (Å²) in [5.41, 5.74) is 0.387. The summed E-state index contributed by atoms with van der Waals surface area (Å²) < 4.78 is 13.4. The van der Waals surface area contributed by atoms with Gasteiger partial charge in [0.05, 0.1) is 4.88 Å². The lowest BCUT2D eigenvalue weighted by atomic mass is 10.1. The number of aromatic nitrogens is 1. The number of aromatic amines is 1. The van der Waals surface area contributed by atoms with Crippen molar-refractivity contribution in [1.82, 2.24) is 4.98 Å². The zero-order chi connectivity index (χ0) is 10.8. The van der Waals surface area contributed by atoms with Crippen molar-refractivity contribution in [3.63, 3.8) is 0 Å². The van der Waals surface area contributed by atoms with Crippen LogP contribution in [-0.4, -0.2) is 11.3 Å². The predicted octanol–water partition coefficient (Wildman–Crippen LogP) is 2.05. The zero-order valence-electron chi connectivity index (χ0n) is 7.49. The SMILES string of the molecule is O=Cc1[nH]c(=O)sc1-c1ccccc1F.